The lowest BCUT2D eigenvalue weighted by Crippen LogP contribution is -2.27. The molecule has 0 aliphatic carbocycles. The van der Waals surface area contributed by atoms with Crippen molar-refractivity contribution in [3.8, 4) is 0 Å². The zero-order chi connectivity index (χ0) is 15.5. The molecule has 1 heterocycles. The van der Waals surface area contributed by atoms with Gasteiger partial charge in [-0.1, -0.05) is 16.8 Å². The maximum atomic E-state index is 12.3. The molecule has 0 amide bonds. The van der Waals surface area contributed by atoms with Crippen LogP contribution in [0.2, 0.25) is 5.02 Å². The van der Waals surface area contributed by atoms with E-state index in [4.69, 9.17) is 21.9 Å². The first-order valence-corrected chi connectivity index (χ1v) is 8.04. The molecule has 0 spiro atoms. The lowest BCUT2D eigenvalue weighted by atomic mass is 10.1. The van der Waals surface area contributed by atoms with Gasteiger partial charge in [0.15, 0.2) is 6.33 Å². The number of nitrogens with one attached hydrogen (secondary N) is 1. The molecule has 2 rings (SSSR count). The summed E-state index contributed by atoms with van der Waals surface area (Å²) in [6, 6.07) is 3.07. The zero-order valence-electron chi connectivity index (χ0n) is 11.3. The number of aromatic nitrogens is 2. The van der Waals surface area contributed by atoms with Crippen LogP contribution in [0, 0.1) is 6.92 Å². The number of nitrogens with two attached hydrogens (primary N) is 1. The number of benzene rings is 1. The number of nitrogens with zero attached hydrogens (tertiary/aromatic N) is 2. The average Bonchev–Trinajstić information content (AvgIpc) is 2.93. The summed E-state index contributed by atoms with van der Waals surface area (Å²) in [4.78, 5) is 3.94. The van der Waals surface area contributed by atoms with E-state index in [1.807, 2.05) is 0 Å². The molecular formula is C12H15ClN4O3S. The smallest absolute Gasteiger partial charge is 0.240 e. The summed E-state index contributed by atoms with van der Waals surface area (Å²) < 4.78 is 31.9. The van der Waals surface area contributed by atoms with E-state index >= 15 is 0 Å². The topological polar surface area (TPSA) is 111 Å². The number of sulfonamides is 1. The van der Waals surface area contributed by atoms with Crippen LogP contribution in [-0.2, 0) is 23.0 Å². The third-order valence-corrected chi connectivity index (χ3v) is 4.79. The van der Waals surface area contributed by atoms with Crippen LogP contribution in [0.25, 0.3) is 0 Å². The predicted octanol–water partition coefficient (Wildman–Crippen LogP) is 1.01. The van der Waals surface area contributed by atoms with Gasteiger partial charge >= 0.3 is 0 Å². The van der Waals surface area contributed by atoms with Gasteiger partial charge < -0.3 is 10.3 Å². The van der Waals surface area contributed by atoms with Crippen LogP contribution < -0.4 is 10.5 Å². The Kier molecular flexibility index (Phi) is 4.94. The van der Waals surface area contributed by atoms with Gasteiger partial charge in [-0.3, -0.25) is 0 Å². The summed E-state index contributed by atoms with van der Waals surface area (Å²) >= 11 is 5.94. The number of hydrogen-bond acceptors (Lipinski definition) is 6. The van der Waals surface area contributed by atoms with E-state index in [-0.39, 0.29) is 18.0 Å². The molecule has 0 radical (unpaired) electrons. The van der Waals surface area contributed by atoms with Gasteiger partial charge in [-0.05, 0) is 30.2 Å². The molecule has 7 nitrogen and oxygen atoms in total. The second kappa shape index (κ2) is 6.52. The summed E-state index contributed by atoms with van der Waals surface area (Å²) in [6.45, 7) is 2.07. The van der Waals surface area contributed by atoms with Crippen molar-refractivity contribution in [1.82, 2.24) is 14.9 Å². The van der Waals surface area contributed by atoms with E-state index in [0.717, 1.165) is 0 Å². The molecule has 0 aliphatic rings. The van der Waals surface area contributed by atoms with E-state index < -0.39 is 10.0 Å². The lowest BCUT2D eigenvalue weighted by molar-refractivity contribution is 0.377. The SMILES string of the molecule is Cc1c(CN)cc(Cl)cc1S(=O)(=O)NCCc1ncno1. The van der Waals surface area contributed by atoms with E-state index in [2.05, 4.69) is 14.9 Å². The van der Waals surface area contributed by atoms with Gasteiger partial charge in [0, 0.05) is 24.5 Å². The van der Waals surface area contributed by atoms with Crippen LogP contribution in [0.5, 0.6) is 0 Å². The quantitative estimate of drug-likeness (QED) is 0.817. The van der Waals surface area contributed by atoms with Crippen molar-refractivity contribution in [2.75, 3.05) is 6.54 Å². The van der Waals surface area contributed by atoms with Crippen molar-refractivity contribution in [3.05, 3.63) is 40.5 Å². The molecular weight excluding hydrogens is 316 g/mol. The molecule has 0 atom stereocenters. The molecule has 1 aromatic carbocycles. The molecule has 2 aromatic rings. The molecule has 9 heteroatoms. The van der Waals surface area contributed by atoms with Gasteiger partial charge in [-0.15, -0.1) is 0 Å². The van der Waals surface area contributed by atoms with E-state index in [1.165, 1.54) is 12.4 Å². The van der Waals surface area contributed by atoms with Crippen LogP contribution >= 0.6 is 11.6 Å². The first-order valence-electron chi connectivity index (χ1n) is 6.18. The van der Waals surface area contributed by atoms with Crippen molar-refractivity contribution in [2.45, 2.75) is 24.8 Å². The Hall–Kier alpha value is -1.48. The Morgan fingerprint density at radius 3 is 2.81 bits per heavy atom. The monoisotopic (exact) mass is 330 g/mol. The minimum Gasteiger partial charge on any atom is -0.340 e. The third kappa shape index (κ3) is 3.79. The molecule has 0 saturated carbocycles. The number of hydrogen-bond donors (Lipinski definition) is 2. The Labute approximate surface area is 127 Å². The van der Waals surface area contributed by atoms with Crippen LogP contribution in [0.1, 0.15) is 17.0 Å². The summed E-state index contributed by atoms with van der Waals surface area (Å²) in [5.74, 6) is 0.364. The molecule has 0 bridgehead atoms. The van der Waals surface area contributed by atoms with Crippen LogP contribution in [-0.4, -0.2) is 25.1 Å². The minimum atomic E-state index is -3.68. The van der Waals surface area contributed by atoms with Gasteiger partial charge in [-0.25, -0.2) is 13.1 Å². The molecule has 114 valence electrons. The van der Waals surface area contributed by atoms with Gasteiger partial charge in [0.25, 0.3) is 0 Å². The molecule has 0 saturated heterocycles. The second-order valence-corrected chi connectivity index (χ2v) is 6.55. The standard InChI is InChI=1S/C12H15ClN4O3S/c1-8-9(6-14)4-10(13)5-11(8)21(18,19)17-3-2-12-15-7-16-20-12/h4-5,7,17H,2-3,6,14H2,1H3. The second-order valence-electron chi connectivity index (χ2n) is 4.37. The summed E-state index contributed by atoms with van der Waals surface area (Å²) in [6.07, 6.45) is 1.57. The first-order chi connectivity index (χ1) is 9.94. The molecule has 21 heavy (non-hydrogen) atoms. The predicted molar refractivity (Wildman–Crippen MR) is 77.3 cm³/mol. The Bertz CT molecular complexity index is 716. The summed E-state index contributed by atoms with van der Waals surface area (Å²) in [7, 11) is -3.68. The van der Waals surface area contributed by atoms with Gasteiger partial charge in [0.1, 0.15) is 0 Å². The third-order valence-electron chi connectivity index (χ3n) is 2.98. The zero-order valence-corrected chi connectivity index (χ0v) is 12.9. The molecule has 0 aliphatic heterocycles. The summed E-state index contributed by atoms with van der Waals surface area (Å²) in [5.41, 5.74) is 6.88. The van der Waals surface area contributed by atoms with Crippen molar-refractivity contribution < 1.29 is 12.9 Å². The minimum absolute atomic E-state index is 0.126. The maximum Gasteiger partial charge on any atom is 0.240 e. The molecule has 3 N–H and O–H groups in total. The van der Waals surface area contributed by atoms with E-state index in [0.29, 0.717) is 28.5 Å². The van der Waals surface area contributed by atoms with Crippen LogP contribution in [0.3, 0.4) is 0 Å². The summed E-state index contributed by atoms with van der Waals surface area (Å²) in [5, 5.41) is 3.78. The highest BCUT2D eigenvalue weighted by Crippen LogP contribution is 2.24. The maximum absolute atomic E-state index is 12.3. The van der Waals surface area contributed by atoms with Gasteiger partial charge in [-0.2, -0.15) is 4.98 Å². The van der Waals surface area contributed by atoms with Crippen LogP contribution in [0.4, 0.5) is 0 Å². The normalized spacial score (nSPS) is 11.8. The van der Waals surface area contributed by atoms with Gasteiger partial charge in [0.2, 0.25) is 15.9 Å². The fourth-order valence-electron chi connectivity index (χ4n) is 1.88. The number of halogens is 1. The van der Waals surface area contributed by atoms with E-state index in [1.54, 1.807) is 13.0 Å². The van der Waals surface area contributed by atoms with Gasteiger partial charge in [0.05, 0.1) is 4.90 Å². The first kappa shape index (κ1) is 15.9. The molecule has 0 fully saturated rings. The highest BCUT2D eigenvalue weighted by atomic mass is 35.5. The lowest BCUT2D eigenvalue weighted by Gasteiger charge is -2.12. The fraction of sp³-hybridized carbons (Fsp3) is 0.333. The van der Waals surface area contributed by atoms with Crippen LogP contribution in [0.15, 0.2) is 27.9 Å². The molecule has 0 unspecified atom stereocenters. The highest BCUT2D eigenvalue weighted by Gasteiger charge is 2.19. The average molecular weight is 331 g/mol. The Morgan fingerprint density at radius 2 is 2.19 bits per heavy atom. The Morgan fingerprint density at radius 1 is 1.43 bits per heavy atom. The highest BCUT2D eigenvalue weighted by molar-refractivity contribution is 7.89. The Balaban J connectivity index is 2.17. The van der Waals surface area contributed by atoms with Crippen molar-refractivity contribution in [1.29, 1.82) is 0 Å². The van der Waals surface area contributed by atoms with E-state index in [9.17, 15) is 8.42 Å². The fourth-order valence-corrected chi connectivity index (χ4v) is 3.52. The largest absolute Gasteiger partial charge is 0.340 e. The molecule has 1 aromatic heterocycles. The number of rotatable bonds is 6. The van der Waals surface area contributed by atoms with Crippen molar-refractivity contribution in [3.63, 3.8) is 0 Å². The van der Waals surface area contributed by atoms with Crippen molar-refractivity contribution in [2.24, 2.45) is 5.73 Å². The van der Waals surface area contributed by atoms with Crippen molar-refractivity contribution >= 4 is 21.6 Å².